The van der Waals surface area contributed by atoms with E-state index < -0.39 is 5.97 Å². The third-order valence-electron chi connectivity index (χ3n) is 4.78. The zero-order chi connectivity index (χ0) is 16.0. The molecular weight excluding hydrogens is 354 g/mol. The maximum atomic E-state index is 11.5. The fourth-order valence-electron chi connectivity index (χ4n) is 3.71. The van der Waals surface area contributed by atoms with Gasteiger partial charge in [-0.15, -0.1) is 0 Å². The number of aromatic carboxylic acids is 1. The van der Waals surface area contributed by atoms with Crippen LogP contribution in [0.1, 0.15) is 39.5 Å². The first-order valence-electron chi connectivity index (χ1n) is 7.74. The van der Waals surface area contributed by atoms with Crippen molar-refractivity contribution in [1.29, 1.82) is 0 Å². The first-order valence-corrected chi connectivity index (χ1v) is 8.54. The van der Waals surface area contributed by atoms with Crippen molar-refractivity contribution >= 4 is 32.8 Å². The molecule has 2 N–H and O–H groups in total. The van der Waals surface area contributed by atoms with Gasteiger partial charge in [0.15, 0.2) is 0 Å². The van der Waals surface area contributed by atoms with Crippen molar-refractivity contribution in [2.45, 2.75) is 25.2 Å². The maximum Gasteiger partial charge on any atom is 0.335 e. The van der Waals surface area contributed by atoms with Crippen molar-refractivity contribution in [3.05, 3.63) is 69.3 Å². The Morgan fingerprint density at radius 2 is 2.04 bits per heavy atom. The minimum absolute atomic E-state index is 0.262. The Bertz CT molecular complexity index is 913. The molecule has 1 atom stereocenters. The predicted octanol–water partition coefficient (Wildman–Crippen LogP) is 4.90. The van der Waals surface area contributed by atoms with Crippen molar-refractivity contribution in [3.63, 3.8) is 0 Å². The number of benzene rings is 2. The third-order valence-corrected chi connectivity index (χ3v) is 5.27. The van der Waals surface area contributed by atoms with E-state index in [1.54, 1.807) is 12.1 Å². The van der Waals surface area contributed by atoms with Gasteiger partial charge in [-0.2, -0.15) is 0 Å². The molecule has 1 aliphatic rings. The van der Waals surface area contributed by atoms with Crippen LogP contribution in [0.2, 0.25) is 0 Å². The highest BCUT2D eigenvalue weighted by atomic mass is 79.9. The van der Waals surface area contributed by atoms with Gasteiger partial charge in [-0.25, -0.2) is 4.79 Å². The van der Waals surface area contributed by atoms with Crippen molar-refractivity contribution < 1.29 is 9.90 Å². The zero-order valence-electron chi connectivity index (χ0n) is 12.5. The van der Waals surface area contributed by atoms with E-state index in [2.05, 4.69) is 39.1 Å². The summed E-state index contributed by atoms with van der Waals surface area (Å²) in [5.74, 6) is -0.577. The molecular formula is C19H16BrNO2. The fraction of sp³-hybridized carbons (Fsp3) is 0.211. The van der Waals surface area contributed by atoms with Crippen molar-refractivity contribution in [2.24, 2.45) is 0 Å². The number of nitrogens with one attached hydrogen (secondary N) is 1. The van der Waals surface area contributed by atoms with Gasteiger partial charge in [0.25, 0.3) is 0 Å². The number of carbonyl (C=O) groups is 1. The van der Waals surface area contributed by atoms with Gasteiger partial charge in [-0.1, -0.05) is 40.2 Å². The quantitative estimate of drug-likeness (QED) is 0.674. The summed E-state index contributed by atoms with van der Waals surface area (Å²) in [6.07, 6.45) is 2.83. The third kappa shape index (κ3) is 2.47. The molecule has 0 aliphatic heterocycles. The summed E-state index contributed by atoms with van der Waals surface area (Å²) in [5.41, 5.74) is 5.17. The molecule has 3 nitrogen and oxygen atoms in total. The molecule has 0 spiro atoms. The average molecular weight is 370 g/mol. The van der Waals surface area contributed by atoms with Gasteiger partial charge in [0.1, 0.15) is 0 Å². The lowest BCUT2D eigenvalue weighted by atomic mass is 9.80. The number of aromatic nitrogens is 1. The Kier molecular flexibility index (Phi) is 3.49. The summed E-state index contributed by atoms with van der Waals surface area (Å²) in [4.78, 5) is 15.0. The van der Waals surface area contributed by atoms with Crippen LogP contribution < -0.4 is 0 Å². The van der Waals surface area contributed by atoms with Crippen LogP contribution in [0.3, 0.4) is 0 Å². The van der Waals surface area contributed by atoms with Crippen LogP contribution in [0.25, 0.3) is 10.9 Å². The lowest BCUT2D eigenvalue weighted by Gasteiger charge is -2.24. The van der Waals surface area contributed by atoms with Gasteiger partial charge >= 0.3 is 5.97 Å². The van der Waals surface area contributed by atoms with Crippen molar-refractivity contribution in [3.8, 4) is 0 Å². The molecule has 0 bridgehead atoms. The van der Waals surface area contributed by atoms with Gasteiger partial charge in [-0.3, -0.25) is 0 Å². The molecule has 23 heavy (non-hydrogen) atoms. The number of halogens is 1. The highest BCUT2D eigenvalue weighted by Gasteiger charge is 2.26. The van der Waals surface area contributed by atoms with Crippen molar-refractivity contribution in [2.75, 3.05) is 0 Å². The smallest absolute Gasteiger partial charge is 0.335 e. The van der Waals surface area contributed by atoms with Crippen LogP contribution in [0.5, 0.6) is 0 Å². The normalized spacial score (nSPS) is 17.2. The second-order valence-corrected chi connectivity index (χ2v) is 7.02. The molecule has 1 aromatic heterocycles. The van der Waals surface area contributed by atoms with Crippen LogP contribution in [0.15, 0.2) is 46.9 Å². The molecule has 4 heteroatoms. The summed E-state index contributed by atoms with van der Waals surface area (Å²) < 4.78 is 1.07. The lowest BCUT2D eigenvalue weighted by Crippen LogP contribution is -2.15. The first kappa shape index (κ1) is 14.5. The number of carboxylic acids is 1. The predicted molar refractivity (Wildman–Crippen MR) is 94.2 cm³/mol. The molecule has 1 aliphatic carbocycles. The second-order valence-electron chi connectivity index (χ2n) is 6.10. The van der Waals surface area contributed by atoms with Gasteiger partial charge in [0.05, 0.1) is 5.56 Å². The Morgan fingerprint density at radius 1 is 1.22 bits per heavy atom. The molecule has 1 heterocycles. The monoisotopic (exact) mass is 369 g/mol. The van der Waals surface area contributed by atoms with Crippen LogP contribution in [0, 0.1) is 0 Å². The molecule has 4 rings (SSSR count). The van der Waals surface area contributed by atoms with Gasteiger partial charge in [-0.05, 0) is 54.5 Å². The summed E-state index contributed by atoms with van der Waals surface area (Å²) in [5, 5.41) is 10.7. The first-order chi connectivity index (χ1) is 11.1. The summed E-state index contributed by atoms with van der Waals surface area (Å²) in [6, 6.07) is 13.7. The van der Waals surface area contributed by atoms with Crippen LogP contribution in [-0.2, 0) is 12.8 Å². The average Bonchev–Trinajstić information content (AvgIpc) is 2.91. The molecule has 116 valence electrons. The minimum atomic E-state index is -0.839. The number of rotatable bonds is 2. The molecule has 0 radical (unpaired) electrons. The molecule has 0 fully saturated rings. The van der Waals surface area contributed by atoms with Crippen LogP contribution in [0.4, 0.5) is 0 Å². The number of aromatic amines is 1. The molecule has 0 saturated carbocycles. The maximum absolute atomic E-state index is 11.5. The van der Waals surface area contributed by atoms with Crippen LogP contribution in [-0.4, -0.2) is 16.1 Å². The standard InChI is InChI=1S/C19H16BrNO2/c20-12-6-7-14-16-9-11(5-8-17(16)21-18(14)10-12)13-3-1-2-4-15(13)19(22)23/h1-4,6-7,10-11,21H,5,8-9H2,(H,22,23). The Balaban J connectivity index is 1.77. The summed E-state index contributed by atoms with van der Waals surface area (Å²) in [7, 11) is 0. The molecule has 1 unspecified atom stereocenters. The topological polar surface area (TPSA) is 53.1 Å². The van der Waals surface area contributed by atoms with Gasteiger partial charge < -0.3 is 10.1 Å². The second kappa shape index (κ2) is 5.53. The SMILES string of the molecule is O=C(O)c1ccccc1C1CCc2[nH]c3cc(Br)ccc3c2C1. The van der Waals surface area contributed by atoms with Gasteiger partial charge in [0, 0.05) is 21.1 Å². The minimum Gasteiger partial charge on any atom is -0.478 e. The number of hydrogen-bond donors (Lipinski definition) is 2. The highest BCUT2D eigenvalue weighted by molar-refractivity contribution is 9.10. The summed E-state index contributed by atoms with van der Waals surface area (Å²) in [6.45, 7) is 0. The van der Waals surface area contributed by atoms with E-state index >= 15 is 0 Å². The van der Waals surface area contributed by atoms with E-state index in [0.717, 1.165) is 34.8 Å². The summed E-state index contributed by atoms with van der Waals surface area (Å²) >= 11 is 3.51. The lowest BCUT2D eigenvalue weighted by molar-refractivity contribution is 0.0695. The molecule has 3 aromatic rings. The van der Waals surface area contributed by atoms with E-state index in [4.69, 9.17) is 0 Å². The Hall–Kier alpha value is -2.07. The molecule has 0 amide bonds. The van der Waals surface area contributed by atoms with Crippen LogP contribution >= 0.6 is 15.9 Å². The molecule has 2 aromatic carbocycles. The number of aryl methyl sites for hydroxylation is 1. The Morgan fingerprint density at radius 3 is 2.87 bits per heavy atom. The van der Waals surface area contributed by atoms with Crippen molar-refractivity contribution in [1.82, 2.24) is 4.98 Å². The largest absolute Gasteiger partial charge is 0.478 e. The number of carboxylic acid groups (broad SMARTS) is 1. The number of fused-ring (bicyclic) bond motifs is 3. The number of hydrogen-bond acceptors (Lipinski definition) is 1. The van der Waals surface area contributed by atoms with E-state index in [-0.39, 0.29) is 5.92 Å². The van der Waals surface area contributed by atoms with E-state index in [9.17, 15) is 9.90 Å². The van der Waals surface area contributed by atoms with Gasteiger partial charge in [0.2, 0.25) is 0 Å². The zero-order valence-corrected chi connectivity index (χ0v) is 14.1. The van der Waals surface area contributed by atoms with E-state index in [1.807, 2.05) is 12.1 Å². The Labute approximate surface area is 142 Å². The highest BCUT2D eigenvalue weighted by Crippen LogP contribution is 2.38. The van der Waals surface area contributed by atoms with E-state index in [1.165, 1.54) is 16.6 Å². The molecule has 0 saturated heterocycles. The number of H-pyrrole nitrogens is 1. The van der Waals surface area contributed by atoms with E-state index in [0.29, 0.717) is 5.56 Å². The fourth-order valence-corrected chi connectivity index (χ4v) is 4.07.